The van der Waals surface area contributed by atoms with Gasteiger partial charge >= 0.3 is 0 Å². The third kappa shape index (κ3) is 2.85. The Hall–Kier alpha value is -0.850. The van der Waals surface area contributed by atoms with Crippen molar-refractivity contribution in [2.75, 3.05) is 7.05 Å². The van der Waals surface area contributed by atoms with E-state index in [2.05, 4.69) is 6.92 Å². The highest BCUT2D eigenvalue weighted by molar-refractivity contribution is 7.89. The molecule has 5 nitrogen and oxygen atoms in total. The molecular formula is C13H22N2O3S. The molecule has 1 aromatic heterocycles. The van der Waals surface area contributed by atoms with E-state index in [0.29, 0.717) is 11.7 Å². The molecule has 1 heterocycles. The number of rotatable bonds is 4. The van der Waals surface area contributed by atoms with Gasteiger partial charge in [0.25, 0.3) is 10.0 Å². The molecule has 108 valence electrons. The number of sulfonamides is 1. The fourth-order valence-corrected chi connectivity index (χ4v) is 4.17. The Balaban J connectivity index is 2.23. The van der Waals surface area contributed by atoms with Crippen molar-refractivity contribution in [2.45, 2.75) is 50.3 Å². The molecule has 2 N–H and O–H groups in total. The highest BCUT2D eigenvalue weighted by atomic mass is 32.2. The van der Waals surface area contributed by atoms with Crippen molar-refractivity contribution in [3.63, 3.8) is 0 Å². The standard InChI is InChI=1S/C13H22N2O3S/c1-10-5-3-4-6-12(10)15(2)19(16,17)13-8-7-11(9-14)18-13/h7-8,10,12H,3-6,9,14H2,1-2H3. The quantitative estimate of drug-likeness (QED) is 0.917. The molecule has 2 atom stereocenters. The van der Waals surface area contributed by atoms with Crippen LogP contribution in [-0.4, -0.2) is 25.8 Å². The highest BCUT2D eigenvalue weighted by Gasteiger charge is 2.34. The smallest absolute Gasteiger partial charge is 0.276 e. The van der Waals surface area contributed by atoms with Crippen LogP contribution in [0.25, 0.3) is 0 Å². The Morgan fingerprint density at radius 1 is 1.37 bits per heavy atom. The largest absolute Gasteiger partial charge is 0.447 e. The third-order valence-electron chi connectivity index (χ3n) is 4.00. The molecule has 2 rings (SSSR count). The van der Waals surface area contributed by atoms with Gasteiger partial charge in [0.05, 0.1) is 6.54 Å². The predicted octanol–water partition coefficient (Wildman–Crippen LogP) is 1.94. The Bertz CT molecular complexity index is 524. The Kier molecular flexibility index (Phi) is 4.32. The molecule has 2 unspecified atom stereocenters. The van der Waals surface area contributed by atoms with Gasteiger partial charge in [0, 0.05) is 13.1 Å². The van der Waals surface area contributed by atoms with Crippen LogP contribution in [0.1, 0.15) is 38.4 Å². The maximum Gasteiger partial charge on any atom is 0.276 e. The van der Waals surface area contributed by atoms with E-state index in [1.807, 2.05) is 0 Å². The van der Waals surface area contributed by atoms with E-state index >= 15 is 0 Å². The maximum atomic E-state index is 12.5. The topological polar surface area (TPSA) is 76.5 Å². The van der Waals surface area contributed by atoms with Crippen molar-refractivity contribution in [3.8, 4) is 0 Å². The molecule has 1 aliphatic rings. The van der Waals surface area contributed by atoms with Crippen LogP contribution in [0.15, 0.2) is 21.6 Å². The van der Waals surface area contributed by atoms with Gasteiger partial charge in [-0.2, -0.15) is 4.31 Å². The minimum Gasteiger partial charge on any atom is -0.447 e. The molecule has 0 radical (unpaired) electrons. The SMILES string of the molecule is CC1CCCCC1N(C)S(=O)(=O)c1ccc(CN)o1. The van der Waals surface area contributed by atoms with E-state index in [0.717, 1.165) is 19.3 Å². The molecule has 19 heavy (non-hydrogen) atoms. The lowest BCUT2D eigenvalue weighted by molar-refractivity contribution is 0.210. The minimum absolute atomic E-state index is 0.00627. The van der Waals surface area contributed by atoms with Crippen molar-refractivity contribution in [3.05, 3.63) is 17.9 Å². The normalized spacial score (nSPS) is 24.8. The Labute approximate surface area is 114 Å². The summed E-state index contributed by atoms with van der Waals surface area (Å²) in [6.07, 6.45) is 4.27. The summed E-state index contributed by atoms with van der Waals surface area (Å²) in [5, 5.41) is -0.00627. The Morgan fingerprint density at radius 2 is 2.05 bits per heavy atom. The van der Waals surface area contributed by atoms with E-state index in [1.165, 1.54) is 16.8 Å². The van der Waals surface area contributed by atoms with Crippen molar-refractivity contribution < 1.29 is 12.8 Å². The molecule has 1 aliphatic carbocycles. The van der Waals surface area contributed by atoms with Crippen LogP contribution < -0.4 is 5.73 Å². The zero-order valence-corrected chi connectivity index (χ0v) is 12.3. The molecule has 0 saturated heterocycles. The summed E-state index contributed by atoms with van der Waals surface area (Å²) >= 11 is 0. The molecule has 0 aromatic carbocycles. The van der Waals surface area contributed by atoms with Crippen LogP contribution in [0.4, 0.5) is 0 Å². The molecular weight excluding hydrogens is 264 g/mol. The molecule has 0 aliphatic heterocycles. The maximum absolute atomic E-state index is 12.5. The molecule has 1 saturated carbocycles. The second-order valence-electron chi connectivity index (χ2n) is 5.28. The average molecular weight is 286 g/mol. The summed E-state index contributed by atoms with van der Waals surface area (Å²) in [5.41, 5.74) is 5.45. The lowest BCUT2D eigenvalue weighted by Gasteiger charge is -2.34. The first kappa shape index (κ1) is 14.6. The first-order chi connectivity index (χ1) is 8.96. The molecule has 1 aromatic rings. The summed E-state index contributed by atoms with van der Waals surface area (Å²) in [6.45, 7) is 2.32. The van der Waals surface area contributed by atoms with E-state index < -0.39 is 10.0 Å². The lowest BCUT2D eigenvalue weighted by atomic mass is 9.86. The van der Waals surface area contributed by atoms with E-state index in [4.69, 9.17) is 10.2 Å². The fourth-order valence-electron chi connectivity index (χ4n) is 2.76. The van der Waals surface area contributed by atoms with Crippen LogP contribution in [0, 0.1) is 5.92 Å². The molecule has 6 heteroatoms. The number of hydrogen-bond acceptors (Lipinski definition) is 4. The van der Waals surface area contributed by atoms with Crippen molar-refractivity contribution in [1.82, 2.24) is 4.31 Å². The monoisotopic (exact) mass is 286 g/mol. The van der Waals surface area contributed by atoms with Crippen molar-refractivity contribution in [2.24, 2.45) is 11.7 Å². The first-order valence-corrected chi connectivity index (χ1v) is 8.17. The number of hydrogen-bond donors (Lipinski definition) is 1. The minimum atomic E-state index is -3.55. The van der Waals surface area contributed by atoms with Crippen molar-refractivity contribution >= 4 is 10.0 Å². The van der Waals surface area contributed by atoms with Crippen LogP contribution in [0.3, 0.4) is 0 Å². The third-order valence-corrected chi connectivity index (χ3v) is 5.76. The zero-order chi connectivity index (χ0) is 14.0. The summed E-state index contributed by atoms with van der Waals surface area (Å²) in [5.74, 6) is 0.876. The van der Waals surface area contributed by atoms with E-state index in [-0.39, 0.29) is 17.7 Å². The molecule has 1 fully saturated rings. The summed E-state index contributed by atoms with van der Waals surface area (Å²) in [7, 11) is -1.90. The number of furan rings is 1. The average Bonchev–Trinajstić information content (AvgIpc) is 2.88. The van der Waals surface area contributed by atoms with Crippen LogP contribution in [0.2, 0.25) is 0 Å². The summed E-state index contributed by atoms with van der Waals surface area (Å²) in [6, 6.07) is 3.16. The summed E-state index contributed by atoms with van der Waals surface area (Å²) in [4.78, 5) is 0. The van der Waals surface area contributed by atoms with Gasteiger partial charge in [0.15, 0.2) is 0 Å². The van der Waals surface area contributed by atoms with Gasteiger partial charge in [-0.25, -0.2) is 8.42 Å². The fraction of sp³-hybridized carbons (Fsp3) is 0.692. The van der Waals surface area contributed by atoms with Gasteiger partial charge in [-0.3, -0.25) is 0 Å². The van der Waals surface area contributed by atoms with Crippen LogP contribution in [-0.2, 0) is 16.6 Å². The summed E-state index contributed by atoms with van der Waals surface area (Å²) < 4.78 is 31.8. The first-order valence-electron chi connectivity index (χ1n) is 6.73. The second kappa shape index (κ2) is 5.64. The second-order valence-corrected chi connectivity index (χ2v) is 7.20. The predicted molar refractivity (Wildman–Crippen MR) is 73.0 cm³/mol. The van der Waals surface area contributed by atoms with Gasteiger partial charge in [-0.15, -0.1) is 0 Å². The van der Waals surface area contributed by atoms with Gasteiger partial charge in [-0.05, 0) is 30.9 Å². The highest BCUT2D eigenvalue weighted by Crippen LogP contribution is 2.31. The Morgan fingerprint density at radius 3 is 2.63 bits per heavy atom. The van der Waals surface area contributed by atoms with Crippen LogP contribution in [0.5, 0.6) is 0 Å². The van der Waals surface area contributed by atoms with Crippen LogP contribution >= 0.6 is 0 Å². The zero-order valence-electron chi connectivity index (χ0n) is 11.5. The van der Waals surface area contributed by atoms with Gasteiger partial charge in [-0.1, -0.05) is 19.8 Å². The molecule has 0 amide bonds. The van der Waals surface area contributed by atoms with Gasteiger partial charge in [0.2, 0.25) is 5.09 Å². The number of nitrogens with zero attached hydrogens (tertiary/aromatic N) is 1. The molecule has 0 bridgehead atoms. The number of nitrogens with two attached hydrogens (primary N) is 1. The van der Waals surface area contributed by atoms with Gasteiger partial charge < -0.3 is 10.2 Å². The van der Waals surface area contributed by atoms with E-state index in [9.17, 15) is 8.42 Å². The molecule has 0 spiro atoms. The van der Waals surface area contributed by atoms with Crippen molar-refractivity contribution in [1.29, 1.82) is 0 Å². The lowest BCUT2D eigenvalue weighted by Crippen LogP contribution is -2.42. The van der Waals surface area contributed by atoms with E-state index in [1.54, 1.807) is 13.1 Å². The van der Waals surface area contributed by atoms with Gasteiger partial charge in [0.1, 0.15) is 5.76 Å².